The van der Waals surface area contributed by atoms with Crippen LogP contribution < -0.4 is 40.8 Å². The third-order valence-electron chi connectivity index (χ3n) is 11.0. The maximum absolute atomic E-state index is 12.6. The molecule has 26 heteroatoms. The van der Waals surface area contributed by atoms with Crippen molar-refractivity contribution in [1.29, 1.82) is 0 Å². The summed E-state index contributed by atoms with van der Waals surface area (Å²) in [6.07, 6.45) is 5.72. The number of nitrogens with one attached hydrogen (secondary N) is 4. The van der Waals surface area contributed by atoms with Crippen molar-refractivity contribution in [3.05, 3.63) is 119 Å². The Bertz CT molecular complexity index is 2090. The second kappa shape index (κ2) is 35.9. The number of hydrogen-bond donors (Lipinski definition) is 8. The Labute approximate surface area is 456 Å². The normalized spacial score (nSPS) is 16.2. The van der Waals surface area contributed by atoms with E-state index in [0.717, 1.165) is 25.7 Å². The summed E-state index contributed by atoms with van der Waals surface area (Å²) in [6.45, 7) is 7.88. The van der Waals surface area contributed by atoms with Crippen LogP contribution in [0.5, 0.6) is 23.0 Å². The predicted molar refractivity (Wildman–Crippen MR) is 269 cm³/mol. The number of unbranched alkanes of at least 4 members (excludes halogenated alkanes) is 6. The summed E-state index contributed by atoms with van der Waals surface area (Å²) in [5, 5.41) is 52.4. The third kappa shape index (κ3) is 22.9. The van der Waals surface area contributed by atoms with E-state index >= 15 is 0 Å². The molecule has 0 spiro atoms. The van der Waals surface area contributed by atoms with Crippen LogP contribution in [0, 0.1) is 0 Å². The summed E-state index contributed by atoms with van der Waals surface area (Å²) in [6, 6.07) is 24.9. The van der Waals surface area contributed by atoms with Gasteiger partial charge in [0.05, 0.1) is 26.4 Å². The van der Waals surface area contributed by atoms with Gasteiger partial charge in [-0.15, -0.1) is 0 Å². The van der Waals surface area contributed by atoms with E-state index in [2.05, 4.69) is 21.3 Å². The van der Waals surface area contributed by atoms with Crippen LogP contribution >= 0.6 is 30.4 Å². The van der Waals surface area contributed by atoms with Gasteiger partial charge in [0.15, 0.2) is 30.4 Å². The van der Waals surface area contributed by atoms with Crippen molar-refractivity contribution >= 4 is 30.4 Å². The Hall–Kier alpha value is -2.44. The van der Waals surface area contributed by atoms with Gasteiger partial charge in [-0.2, -0.15) is 0 Å². The van der Waals surface area contributed by atoms with Gasteiger partial charge in [0.1, 0.15) is 46.1 Å². The molecule has 422 valence electrons. The molecular weight excluding hydrogens is 1140 g/mol. The summed E-state index contributed by atoms with van der Waals surface area (Å²) in [4.78, 5) is 50.3. The third-order valence-corrected chi connectivity index (χ3v) is 17.8. The van der Waals surface area contributed by atoms with Gasteiger partial charge in [0.2, 0.25) is 0 Å². The Kier molecular flexibility index (Phi) is 33.7. The average Bonchev–Trinajstić information content (AvgIpc) is 3.32. The summed E-state index contributed by atoms with van der Waals surface area (Å²) in [5.74, 6) is -5.16. The van der Waals surface area contributed by atoms with Gasteiger partial charge < -0.3 is 97.6 Å². The fourth-order valence-corrected chi connectivity index (χ4v) is 13.3. The molecule has 0 aliphatic rings. The molecule has 0 bridgehead atoms. The van der Waals surface area contributed by atoms with Crippen molar-refractivity contribution in [1.82, 2.24) is 21.3 Å². The topological polar surface area (TPSA) is 326 Å². The summed E-state index contributed by atoms with van der Waals surface area (Å²) in [5.41, 5.74) is 0.945. The summed E-state index contributed by atoms with van der Waals surface area (Å²) in [7, 11) is -17.2. The minimum atomic E-state index is -4.30. The van der Waals surface area contributed by atoms with Crippen molar-refractivity contribution in [2.75, 3.05) is 52.6 Å². The second-order valence-corrected chi connectivity index (χ2v) is 23.7. The molecule has 8 unspecified atom stereocenters. The number of hydrogen-bond acceptors (Lipinski definition) is 20. The van der Waals surface area contributed by atoms with Gasteiger partial charge in [0.25, 0.3) is 0 Å². The SMILES string of the molecule is CCOP(=O)([O-])C(NCCCCCCNC(c1ccccc1O)P(=O)([O-])OCC)c1ccccc1O.CCOP(=O)([O-])C(NCCCCCCNC(c1ccccc1O)P(=O)([O-])OCC)c1ccccc1O.[Cu+2].[Cu+2]. The van der Waals surface area contributed by atoms with Crippen molar-refractivity contribution in [3.63, 3.8) is 0 Å². The molecule has 4 rings (SSSR count). The number of phenolic OH excluding ortho intramolecular Hbond substituents is 4. The standard InChI is InChI=1S/2C24H38N2O8P2.2Cu/c2*1-3-33-35(29,30)23(19-13-7-9-15-21(19)27)25-17-11-5-6-12-18-26-24(36(31,32)34-4-2)20-14-8-10-16-22(20)28;;/h2*7-10,13-16,23-28H,3-6,11-12,17-18H2,1-2H3,(H,29,30)(H,31,32);;/q;;2*+2/p-4. The molecule has 0 aliphatic carbocycles. The van der Waals surface area contributed by atoms with E-state index in [4.69, 9.17) is 18.1 Å². The van der Waals surface area contributed by atoms with Crippen LogP contribution in [-0.2, 0) is 70.5 Å². The molecule has 0 aromatic heterocycles. The fourth-order valence-electron chi connectivity index (χ4n) is 7.62. The average molecular weight is 1210 g/mol. The monoisotopic (exact) mass is 1210 g/mol. The maximum Gasteiger partial charge on any atom is 2.00 e. The van der Waals surface area contributed by atoms with E-state index < -0.39 is 53.5 Å². The quantitative estimate of drug-likeness (QED) is 0.0128. The first-order valence-corrected chi connectivity index (χ1v) is 30.6. The molecule has 0 heterocycles. The summed E-state index contributed by atoms with van der Waals surface area (Å²) < 4.78 is 70.1. The van der Waals surface area contributed by atoms with Crippen molar-refractivity contribution in [3.8, 4) is 23.0 Å². The molecule has 8 N–H and O–H groups in total. The van der Waals surface area contributed by atoms with E-state index in [-0.39, 0.29) is 106 Å². The first kappa shape index (κ1) is 69.6. The minimum absolute atomic E-state index is 0. The largest absolute Gasteiger partial charge is 2.00 e. The first-order chi connectivity index (χ1) is 34.3. The molecule has 4 aromatic carbocycles. The summed E-state index contributed by atoms with van der Waals surface area (Å²) >= 11 is 0. The number of phenols is 4. The van der Waals surface area contributed by atoms with Crippen LogP contribution in [0.15, 0.2) is 97.1 Å². The van der Waals surface area contributed by atoms with Crippen LogP contribution in [0.25, 0.3) is 0 Å². The molecule has 0 fully saturated rings. The molecule has 0 saturated carbocycles. The van der Waals surface area contributed by atoms with Gasteiger partial charge in [-0.1, -0.05) is 98.5 Å². The molecular formula is C48H72Cu2N4O16P4. The van der Waals surface area contributed by atoms with E-state index in [1.807, 2.05) is 0 Å². The zero-order valence-electron chi connectivity index (χ0n) is 41.9. The van der Waals surface area contributed by atoms with E-state index in [0.29, 0.717) is 51.9 Å². The Morgan fingerprint density at radius 3 is 0.703 bits per heavy atom. The van der Waals surface area contributed by atoms with Crippen LogP contribution in [0.4, 0.5) is 0 Å². The van der Waals surface area contributed by atoms with Crippen LogP contribution in [0.1, 0.15) is 124 Å². The molecule has 0 aliphatic heterocycles. The number of aromatic hydroxyl groups is 4. The van der Waals surface area contributed by atoms with Gasteiger partial charge in [-0.3, -0.25) is 0 Å². The van der Waals surface area contributed by atoms with E-state index in [1.54, 1.807) is 100 Å². The van der Waals surface area contributed by atoms with Gasteiger partial charge >= 0.3 is 34.1 Å². The van der Waals surface area contributed by atoms with Crippen molar-refractivity contribution in [2.24, 2.45) is 0 Å². The van der Waals surface area contributed by atoms with Gasteiger partial charge in [0, 0.05) is 22.3 Å². The Morgan fingerprint density at radius 1 is 0.365 bits per heavy atom. The second-order valence-electron chi connectivity index (χ2n) is 16.3. The molecule has 20 nitrogen and oxygen atoms in total. The minimum Gasteiger partial charge on any atom is -0.777 e. The van der Waals surface area contributed by atoms with Crippen LogP contribution in [-0.4, -0.2) is 73.0 Å². The van der Waals surface area contributed by atoms with Gasteiger partial charge in [-0.05, 0) is 104 Å². The molecule has 0 amide bonds. The number of para-hydroxylation sites is 4. The predicted octanol–water partition coefficient (Wildman–Crippen LogP) is 7.42. The molecule has 4 aromatic rings. The Balaban J connectivity index is 0.000000721. The molecule has 0 saturated heterocycles. The fraction of sp³-hybridized carbons (Fsp3) is 0.500. The molecule has 8 atom stereocenters. The van der Waals surface area contributed by atoms with Crippen molar-refractivity contribution in [2.45, 2.75) is 102 Å². The molecule has 2 radical (unpaired) electrons. The maximum atomic E-state index is 12.6. The smallest absolute Gasteiger partial charge is 0.777 e. The van der Waals surface area contributed by atoms with Crippen LogP contribution in [0.3, 0.4) is 0 Å². The molecule has 74 heavy (non-hydrogen) atoms. The van der Waals surface area contributed by atoms with Gasteiger partial charge in [-0.25, -0.2) is 0 Å². The van der Waals surface area contributed by atoms with Crippen LogP contribution in [0.2, 0.25) is 0 Å². The zero-order valence-corrected chi connectivity index (χ0v) is 47.4. The number of rotatable bonds is 34. The van der Waals surface area contributed by atoms with Crippen molar-refractivity contribution < 1.29 is 110 Å². The Morgan fingerprint density at radius 2 is 0.541 bits per heavy atom. The van der Waals surface area contributed by atoms with E-state index in [9.17, 15) is 58.3 Å². The van der Waals surface area contributed by atoms with E-state index in [1.165, 1.54) is 24.3 Å². The zero-order chi connectivity index (χ0) is 53.2. The number of benzene rings is 4. The first-order valence-electron chi connectivity index (χ1n) is 24.1.